The van der Waals surface area contributed by atoms with E-state index in [9.17, 15) is 9.59 Å². The zero-order valence-electron chi connectivity index (χ0n) is 12.3. The zero-order valence-corrected chi connectivity index (χ0v) is 13.1. The van der Waals surface area contributed by atoms with Crippen LogP contribution in [-0.4, -0.2) is 23.9 Å². The van der Waals surface area contributed by atoms with Gasteiger partial charge >= 0.3 is 0 Å². The van der Waals surface area contributed by atoms with Gasteiger partial charge in [-0.25, -0.2) is 4.98 Å². The van der Waals surface area contributed by atoms with Gasteiger partial charge in [-0.15, -0.1) is 11.3 Å². The second-order valence-electron chi connectivity index (χ2n) is 4.61. The second-order valence-corrected chi connectivity index (χ2v) is 5.59. The number of hydrogen-bond acceptors (Lipinski definition) is 5. The van der Waals surface area contributed by atoms with Crippen LogP contribution in [0.15, 0.2) is 35.8 Å². The van der Waals surface area contributed by atoms with Crippen molar-refractivity contribution in [2.45, 2.75) is 19.4 Å². The number of nitrogens with zero attached hydrogens (tertiary/aromatic N) is 1. The third kappa shape index (κ3) is 4.56. The highest BCUT2D eigenvalue weighted by Crippen LogP contribution is 2.22. The Labute approximate surface area is 132 Å². The van der Waals surface area contributed by atoms with Crippen LogP contribution in [0.3, 0.4) is 0 Å². The first-order valence-corrected chi connectivity index (χ1v) is 7.57. The van der Waals surface area contributed by atoms with Crippen molar-refractivity contribution in [2.75, 3.05) is 12.4 Å². The molecule has 0 saturated carbocycles. The fourth-order valence-corrected chi connectivity index (χ4v) is 2.71. The van der Waals surface area contributed by atoms with Crippen molar-refractivity contribution < 1.29 is 14.3 Å². The molecule has 2 aromatic heterocycles. The number of amides is 2. The number of methoxy groups -OCH3 is 1. The monoisotopic (exact) mass is 319 g/mol. The van der Waals surface area contributed by atoms with Crippen molar-refractivity contribution in [3.05, 3.63) is 40.7 Å². The van der Waals surface area contributed by atoms with E-state index in [-0.39, 0.29) is 24.3 Å². The Bertz CT molecular complexity index is 626. The Kier molecular flexibility index (Phi) is 5.48. The van der Waals surface area contributed by atoms with Gasteiger partial charge in [-0.05, 0) is 17.5 Å². The average Bonchev–Trinajstić information content (AvgIpc) is 3.01. The number of carbonyl (C=O) groups is 2. The maximum Gasteiger partial charge on any atom is 0.226 e. The van der Waals surface area contributed by atoms with Crippen LogP contribution in [0.1, 0.15) is 24.3 Å². The predicted octanol–water partition coefficient (Wildman–Crippen LogP) is 2.36. The third-order valence-corrected chi connectivity index (χ3v) is 3.87. The smallest absolute Gasteiger partial charge is 0.226 e. The third-order valence-electron chi connectivity index (χ3n) is 2.88. The van der Waals surface area contributed by atoms with E-state index in [1.807, 2.05) is 17.5 Å². The Morgan fingerprint density at radius 1 is 1.36 bits per heavy atom. The number of rotatable bonds is 6. The number of aromatic nitrogens is 1. The lowest BCUT2D eigenvalue weighted by atomic mass is 10.1. The van der Waals surface area contributed by atoms with Crippen molar-refractivity contribution in [2.24, 2.45) is 0 Å². The van der Waals surface area contributed by atoms with Crippen molar-refractivity contribution in [3.8, 4) is 5.88 Å². The molecule has 0 fully saturated rings. The molecule has 0 radical (unpaired) electrons. The summed E-state index contributed by atoms with van der Waals surface area (Å²) < 4.78 is 4.96. The molecule has 2 amide bonds. The summed E-state index contributed by atoms with van der Waals surface area (Å²) in [4.78, 5) is 28.4. The van der Waals surface area contributed by atoms with E-state index in [0.29, 0.717) is 11.6 Å². The van der Waals surface area contributed by atoms with Crippen LogP contribution < -0.4 is 15.4 Å². The van der Waals surface area contributed by atoms with E-state index < -0.39 is 0 Å². The molecule has 22 heavy (non-hydrogen) atoms. The molecule has 0 aromatic carbocycles. The topological polar surface area (TPSA) is 80.3 Å². The van der Waals surface area contributed by atoms with E-state index >= 15 is 0 Å². The van der Waals surface area contributed by atoms with Crippen LogP contribution in [0.5, 0.6) is 5.88 Å². The minimum atomic E-state index is -0.330. The average molecular weight is 319 g/mol. The zero-order chi connectivity index (χ0) is 15.9. The summed E-state index contributed by atoms with van der Waals surface area (Å²) in [6.45, 7) is 1.44. The maximum atomic E-state index is 12.1. The van der Waals surface area contributed by atoms with Gasteiger partial charge in [0.05, 0.1) is 31.5 Å². The van der Waals surface area contributed by atoms with Gasteiger partial charge < -0.3 is 15.4 Å². The standard InChI is InChI=1S/C15H17N3O3S/c1-10(19)17-12(13-4-3-7-22-13)8-14(20)18-11-5-6-15(21-2)16-9-11/h3-7,9,12H,8H2,1-2H3,(H,17,19)(H,18,20)/t12-/m0/s1. The first-order chi connectivity index (χ1) is 10.6. The molecule has 0 aliphatic rings. The highest BCUT2D eigenvalue weighted by molar-refractivity contribution is 7.10. The summed E-state index contributed by atoms with van der Waals surface area (Å²) in [6.07, 6.45) is 1.68. The molecule has 2 aromatic rings. The summed E-state index contributed by atoms with van der Waals surface area (Å²) in [5.41, 5.74) is 0.582. The lowest BCUT2D eigenvalue weighted by Gasteiger charge is -2.16. The van der Waals surface area contributed by atoms with Gasteiger partial charge in [0, 0.05) is 17.9 Å². The van der Waals surface area contributed by atoms with Crippen molar-refractivity contribution in [1.29, 1.82) is 0 Å². The number of nitrogens with one attached hydrogen (secondary N) is 2. The van der Waals surface area contributed by atoms with E-state index in [0.717, 1.165) is 4.88 Å². The number of hydrogen-bond donors (Lipinski definition) is 2. The molecule has 7 heteroatoms. The Morgan fingerprint density at radius 2 is 2.18 bits per heavy atom. The van der Waals surface area contributed by atoms with Gasteiger partial charge in [0.2, 0.25) is 17.7 Å². The lowest BCUT2D eigenvalue weighted by Crippen LogP contribution is -2.29. The summed E-state index contributed by atoms with van der Waals surface area (Å²) >= 11 is 1.50. The van der Waals surface area contributed by atoms with Crippen LogP contribution in [-0.2, 0) is 9.59 Å². The molecule has 0 bridgehead atoms. The van der Waals surface area contributed by atoms with Crippen molar-refractivity contribution >= 4 is 28.8 Å². The molecule has 0 unspecified atom stereocenters. The SMILES string of the molecule is COc1ccc(NC(=O)C[C@H](NC(C)=O)c2cccs2)cn1. The Hall–Kier alpha value is -2.41. The van der Waals surface area contributed by atoms with E-state index in [2.05, 4.69) is 15.6 Å². The van der Waals surface area contributed by atoms with Gasteiger partial charge in [0.1, 0.15) is 0 Å². The van der Waals surface area contributed by atoms with E-state index in [1.165, 1.54) is 31.6 Å². The quantitative estimate of drug-likeness (QED) is 0.856. The lowest BCUT2D eigenvalue weighted by molar-refractivity contribution is -0.120. The fourth-order valence-electron chi connectivity index (χ4n) is 1.93. The van der Waals surface area contributed by atoms with Crippen molar-refractivity contribution in [1.82, 2.24) is 10.3 Å². The highest BCUT2D eigenvalue weighted by Gasteiger charge is 2.18. The maximum absolute atomic E-state index is 12.1. The number of anilines is 1. The van der Waals surface area contributed by atoms with Crippen LogP contribution >= 0.6 is 11.3 Å². The first kappa shape index (κ1) is 16.0. The molecule has 2 heterocycles. The number of carbonyl (C=O) groups excluding carboxylic acids is 2. The molecule has 2 N–H and O–H groups in total. The van der Waals surface area contributed by atoms with Gasteiger partial charge in [-0.3, -0.25) is 9.59 Å². The van der Waals surface area contributed by atoms with Crippen molar-refractivity contribution in [3.63, 3.8) is 0 Å². The van der Waals surface area contributed by atoms with E-state index in [1.54, 1.807) is 12.1 Å². The molecule has 6 nitrogen and oxygen atoms in total. The molecule has 0 aliphatic carbocycles. The molecule has 0 spiro atoms. The molecule has 0 saturated heterocycles. The normalized spacial score (nSPS) is 11.5. The summed E-state index contributed by atoms with van der Waals surface area (Å²) in [6, 6.07) is 6.83. The molecule has 1 atom stereocenters. The fraction of sp³-hybridized carbons (Fsp3) is 0.267. The van der Waals surface area contributed by atoms with Crippen LogP contribution in [0.2, 0.25) is 0 Å². The van der Waals surface area contributed by atoms with Gasteiger partial charge in [-0.2, -0.15) is 0 Å². The summed E-state index contributed by atoms with van der Waals surface area (Å²) in [7, 11) is 1.53. The Balaban J connectivity index is 1.99. The minimum absolute atomic E-state index is 0.159. The van der Waals surface area contributed by atoms with Gasteiger partial charge in [0.25, 0.3) is 0 Å². The minimum Gasteiger partial charge on any atom is -0.481 e. The van der Waals surface area contributed by atoms with Crippen LogP contribution in [0, 0.1) is 0 Å². The highest BCUT2D eigenvalue weighted by atomic mass is 32.1. The number of ether oxygens (including phenoxy) is 1. The Morgan fingerprint density at radius 3 is 2.73 bits per heavy atom. The summed E-state index contributed by atoms with van der Waals surface area (Å²) in [5, 5.41) is 7.46. The largest absolute Gasteiger partial charge is 0.481 e. The molecule has 0 aliphatic heterocycles. The van der Waals surface area contributed by atoms with E-state index in [4.69, 9.17) is 4.74 Å². The number of thiophene rings is 1. The van der Waals surface area contributed by atoms with Gasteiger partial charge in [0.15, 0.2) is 0 Å². The van der Waals surface area contributed by atoms with Gasteiger partial charge in [-0.1, -0.05) is 6.07 Å². The molecule has 2 rings (SSSR count). The number of pyridine rings is 1. The molecule has 116 valence electrons. The van der Waals surface area contributed by atoms with Crippen LogP contribution in [0.25, 0.3) is 0 Å². The predicted molar refractivity (Wildman–Crippen MR) is 84.9 cm³/mol. The summed E-state index contributed by atoms with van der Waals surface area (Å²) in [5.74, 6) is 0.115. The van der Waals surface area contributed by atoms with Crippen LogP contribution in [0.4, 0.5) is 5.69 Å². The molecular weight excluding hydrogens is 302 g/mol. The molecular formula is C15H17N3O3S. The second kappa shape index (κ2) is 7.56. The first-order valence-electron chi connectivity index (χ1n) is 6.69.